The SMILES string of the molecule is CCNC(=NCCc1cc(Cl)c2c(c1)OCCO2)NC1CC2CCC1O2.I. The van der Waals surface area contributed by atoms with E-state index in [9.17, 15) is 0 Å². The molecule has 1 aromatic rings. The molecule has 3 atom stereocenters. The van der Waals surface area contributed by atoms with Crippen molar-refractivity contribution >= 4 is 41.5 Å². The molecule has 3 unspecified atom stereocenters. The van der Waals surface area contributed by atoms with Crippen molar-refractivity contribution in [3.8, 4) is 11.5 Å². The topological polar surface area (TPSA) is 64.1 Å². The van der Waals surface area contributed by atoms with Gasteiger partial charge in [-0.2, -0.15) is 0 Å². The maximum atomic E-state index is 6.31. The number of aliphatic imine (C=N–C) groups is 1. The maximum Gasteiger partial charge on any atom is 0.191 e. The number of benzene rings is 1. The van der Waals surface area contributed by atoms with Crippen LogP contribution in [-0.4, -0.2) is 50.5 Å². The zero-order valence-electron chi connectivity index (χ0n) is 15.5. The lowest BCUT2D eigenvalue weighted by molar-refractivity contribution is 0.0992. The summed E-state index contributed by atoms with van der Waals surface area (Å²) in [5.41, 5.74) is 1.10. The lowest BCUT2D eigenvalue weighted by atomic mass is 9.96. The third-order valence-corrected chi connectivity index (χ3v) is 5.38. The summed E-state index contributed by atoms with van der Waals surface area (Å²) in [6.45, 7) is 4.69. The summed E-state index contributed by atoms with van der Waals surface area (Å²) in [5.74, 6) is 2.24. The highest BCUT2D eigenvalue weighted by atomic mass is 127. The van der Waals surface area contributed by atoms with E-state index in [-0.39, 0.29) is 24.0 Å². The van der Waals surface area contributed by atoms with E-state index in [1.54, 1.807) is 0 Å². The van der Waals surface area contributed by atoms with Gasteiger partial charge in [0, 0.05) is 13.1 Å². The maximum absolute atomic E-state index is 6.31. The van der Waals surface area contributed by atoms with Crippen LogP contribution in [0.1, 0.15) is 31.7 Å². The molecule has 3 heterocycles. The number of hydrogen-bond acceptors (Lipinski definition) is 4. The Morgan fingerprint density at radius 1 is 1.26 bits per heavy atom. The van der Waals surface area contributed by atoms with Gasteiger partial charge in [0.25, 0.3) is 0 Å². The van der Waals surface area contributed by atoms with Crippen molar-refractivity contribution in [3.05, 3.63) is 22.7 Å². The van der Waals surface area contributed by atoms with Gasteiger partial charge < -0.3 is 24.8 Å². The van der Waals surface area contributed by atoms with E-state index in [1.807, 2.05) is 12.1 Å². The molecule has 1 aromatic carbocycles. The fourth-order valence-electron chi connectivity index (χ4n) is 3.89. The number of halogens is 2. The van der Waals surface area contributed by atoms with Gasteiger partial charge in [0.05, 0.1) is 23.3 Å². The zero-order chi connectivity index (χ0) is 17.9. The van der Waals surface area contributed by atoms with Crippen LogP contribution >= 0.6 is 35.6 Å². The first-order valence-corrected chi connectivity index (χ1v) is 9.89. The molecule has 0 spiro atoms. The third-order valence-electron chi connectivity index (χ3n) is 5.10. The van der Waals surface area contributed by atoms with Crippen LogP contribution in [0.2, 0.25) is 5.02 Å². The summed E-state index contributed by atoms with van der Waals surface area (Å²) in [4.78, 5) is 4.72. The Kier molecular flexibility index (Phi) is 7.33. The molecule has 2 fully saturated rings. The molecule has 3 aliphatic rings. The molecule has 27 heavy (non-hydrogen) atoms. The van der Waals surface area contributed by atoms with E-state index in [2.05, 4.69) is 17.6 Å². The summed E-state index contributed by atoms with van der Waals surface area (Å²) < 4.78 is 17.1. The largest absolute Gasteiger partial charge is 0.486 e. The quantitative estimate of drug-likeness (QED) is 0.364. The Morgan fingerprint density at radius 3 is 2.85 bits per heavy atom. The van der Waals surface area contributed by atoms with Gasteiger partial charge in [-0.15, -0.1) is 24.0 Å². The molecular formula is C19H27ClIN3O3. The van der Waals surface area contributed by atoms with Crippen LogP contribution in [-0.2, 0) is 11.2 Å². The summed E-state index contributed by atoms with van der Waals surface area (Å²) in [6, 6.07) is 4.31. The van der Waals surface area contributed by atoms with E-state index in [1.165, 1.54) is 6.42 Å². The lowest BCUT2D eigenvalue weighted by Gasteiger charge is -2.22. The molecule has 0 aliphatic carbocycles. The Bertz CT molecular complexity index is 688. The smallest absolute Gasteiger partial charge is 0.191 e. The van der Waals surface area contributed by atoms with Crippen molar-refractivity contribution in [1.29, 1.82) is 0 Å². The summed E-state index contributed by atoms with van der Waals surface area (Å²) in [5, 5.41) is 7.47. The molecular weight excluding hydrogens is 481 g/mol. The van der Waals surface area contributed by atoms with Gasteiger partial charge in [0.2, 0.25) is 0 Å². The average molecular weight is 508 g/mol. The molecule has 2 saturated heterocycles. The molecule has 3 aliphatic heterocycles. The number of fused-ring (bicyclic) bond motifs is 3. The van der Waals surface area contributed by atoms with Crippen LogP contribution in [0.25, 0.3) is 0 Å². The van der Waals surface area contributed by atoms with Gasteiger partial charge in [-0.05, 0) is 50.3 Å². The minimum Gasteiger partial charge on any atom is -0.486 e. The number of nitrogens with zero attached hydrogens (tertiary/aromatic N) is 1. The average Bonchev–Trinajstić information content (AvgIpc) is 3.25. The zero-order valence-corrected chi connectivity index (χ0v) is 18.6. The van der Waals surface area contributed by atoms with Crippen LogP contribution < -0.4 is 20.1 Å². The monoisotopic (exact) mass is 507 g/mol. The predicted molar refractivity (Wildman–Crippen MR) is 117 cm³/mol. The highest BCUT2D eigenvalue weighted by molar-refractivity contribution is 14.0. The molecule has 0 amide bonds. The van der Waals surface area contributed by atoms with Crippen molar-refractivity contribution in [3.63, 3.8) is 0 Å². The van der Waals surface area contributed by atoms with Crippen LogP contribution in [0.3, 0.4) is 0 Å². The number of nitrogens with one attached hydrogen (secondary N) is 2. The number of rotatable bonds is 5. The summed E-state index contributed by atoms with van der Waals surface area (Å²) in [6.07, 6.45) is 4.98. The number of ether oxygens (including phenoxy) is 3. The Balaban J connectivity index is 0.00000210. The van der Waals surface area contributed by atoms with Crippen molar-refractivity contribution in [1.82, 2.24) is 10.6 Å². The second-order valence-corrected chi connectivity index (χ2v) is 7.38. The molecule has 2 N–H and O–H groups in total. The summed E-state index contributed by atoms with van der Waals surface area (Å²) in [7, 11) is 0. The van der Waals surface area contributed by atoms with Gasteiger partial charge in [-0.3, -0.25) is 4.99 Å². The summed E-state index contributed by atoms with van der Waals surface area (Å²) >= 11 is 6.31. The highest BCUT2D eigenvalue weighted by Gasteiger charge is 2.41. The molecule has 8 heteroatoms. The highest BCUT2D eigenvalue weighted by Crippen LogP contribution is 2.38. The van der Waals surface area contributed by atoms with E-state index < -0.39 is 0 Å². The van der Waals surface area contributed by atoms with E-state index in [0.29, 0.717) is 48.8 Å². The van der Waals surface area contributed by atoms with Crippen molar-refractivity contribution in [2.75, 3.05) is 26.3 Å². The molecule has 0 aromatic heterocycles. The minimum absolute atomic E-state index is 0. The van der Waals surface area contributed by atoms with Gasteiger partial charge >= 0.3 is 0 Å². The predicted octanol–water partition coefficient (Wildman–Crippen LogP) is 3.15. The van der Waals surface area contributed by atoms with Crippen molar-refractivity contribution < 1.29 is 14.2 Å². The van der Waals surface area contributed by atoms with E-state index in [4.69, 9.17) is 30.8 Å². The second kappa shape index (κ2) is 9.52. The van der Waals surface area contributed by atoms with Gasteiger partial charge in [0.15, 0.2) is 17.5 Å². The molecule has 4 rings (SSSR count). The standard InChI is InChI=1S/C19H26ClN3O3.HI/c1-2-21-19(23-15-11-13-3-4-16(15)26-13)22-6-5-12-9-14(20)18-17(10-12)24-7-8-25-18;/h9-10,13,15-16H,2-8,11H2,1H3,(H2,21,22,23);1H. The van der Waals surface area contributed by atoms with Crippen LogP contribution in [0.5, 0.6) is 11.5 Å². The van der Waals surface area contributed by atoms with Gasteiger partial charge in [0.1, 0.15) is 13.2 Å². The van der Waals surface area contributed by atoms with Crippen LogP contribution in [0.15, 0.2) is 17.1 Å². The van der Waals surface area contributed by atoms with E-state index in [0.717, 1.165) is 43.1 Å². The first-order valence-electron chi connectivity index (χ1n) is 9.51. The van der Waals surface area contributed by atoms with Gasteiger partial charge in [-0.1, -0.05) is 11.6 Å². The lowest BCUT2D eigenvalue weighted by Crippen LogP contribution is -2.47. The minimum atomic E-state index is 0. The van der Waals surface area contributed by atoms with Crippen molar-refractivity contribution in [2.24, 2.45) is 4.99 Å². The third kappa shape index (κ3) is 4.92. The normalized spacial score (nSPS) is 25.9. The van der Waals surface area contributed by atoms with Crippen LogP contribution in [0.4, 0.5) is 0 Å². The first kappa shape index (κ1) is 20.8. The van der Waals surface area contributed by atoms with E-state index >= 15 is 0 Å². The molecule has 6 nitrogen and oxygen atoms in total. The Morgan fingerprint density at radius 2 is 2.11 bits per heavy atom. The van der Waals surface area contributed by atoms with Crippen molar-refractivity contribution in [2.45, 2.75) is 50.9 Å². The molecule has 0 saturated carbocycles. The Hall–Kier alpha value is -0.930. The first-order chi connectivity index (χ1) is 12.7. The Labute approximate surface area is 182 Å². The van der Waals surface area contributed by atoms with Crippen LogP contribution in [0, 0.1) is 0 Å². The van der Waals surface area contributed by atoms with Gasteiger partial charge in [-0.25, -0.2) is 0 Å². The number of guanidine groups is 1. The molecule has 2 bridgehead atoms. The second-order valence-electron chi connectivity index (χ2n) is 6.97. The fourth-order valence-corrected chi connectivity index (χ4v) is 4.18. The molecule has 0 radical (unpaired) electrons. The number of hydrogen-bond donors (Lipinski definition) is 2. The molecule has 150 valence electrons. The fraction of sp³-hybridized carbons (Fsp3) is 0.632.